The molecular formula is C24H29FO4. The van der Waals surface area contributed by atoms with Gasteiger partial charge in [0.15, 0.2) is 11.6 Å². The number of hydrogen-bond donors (Lipinski definition) is 0. The van der Waals surface area contributed by atoms with Crippen LogP contribution in [0.3, 0.4) is 0 Å². The smallest absolute Gasteiger partial charge is 0.343 e. The quantitative estimate of drug-likeness (QED) is 0.237. The van der Waals surface area contributed by atoms with Crippen LogP contribution in [0.1, 0.15) is 79.0 Å². The highest BCUT2D eigenvalue weighted by molar-refractivity contribution is 5.96. The summed E-state index contributed by atoms with van der Waals surface area (Å²) in [6.07, 6.45) is 9.34. The third-order valence-corrected chi connectivity index (χ3v) is 4.60. The van der Waals surface area contributed by atoms with Gasteiger partial charge in [-0.05, 0) is 36.8 Å². The van der Waals surface area contributed by atoms with Crippen LogP contribution < -0.4 is 4.74 Å². The summed E-state index contributed by atoms with van der Waals surface area (Å²) in [6.45, 7) is 2.56. The van der Waals surface area contributed by atoms with E-state index in [1.807, 2.05) is 0 Å². The fourth-order valence-corrected chi connectivity index (χ4v) is 2.94. The molecule has 0 N–H and O–H groups in total. The number of hydrogen-bond acceptors (Lipinski definition) is 4. The molecule has 0 saturated carbocycles. The topological polar surface area (TPSA) is 52.6 Å². The first-order valence-corrected chi connectivity index (χ1v) is 10.4. The van der Waals surface area contributed by atoms with E-state index in [0.717, 1.165) is 19.3 Å². The summed E-state index contributed by atoms with van der Waals surface area (Å²) in [6, 6.07) is 11.7. The van der Waals surface area contributed by atoms with Gasteiger partial charge in [0.2, 0.25) is 0 Å². The van der Waals surface area contributed by atoms with Gasteiger partial charge in [0.05, 0.1) is 17.7 Å². The number of esters is 2. The average Bonchev–Trinajstić information content (AvgIpc) is 2.74. The number of ether oxygens (including phenoxy) is 2. The minimum Gasteiger partial charge on any atom is -0.462 e. The molecule has 2 aromatic rings. The molecule has 0 aliphatic rings. The van der Waals surface area contributed by atoms with Crippen LogP contribution in [0.2, 0.25) is 0 Å². The Hall–Kier alpha value is -2.69. The number of carbonyl (C=O) groups is 2. The SMILES string of the molecule is CCCCCCCCCCOC(=O)c1cccc(C(=O)Oc2ccccc2F)c1. The van der Waals surface area contributed by atoms with Gasteiger partial charge in [0, 0.05) is 0 Å². The molecule has 0 radical (unpaired) electrons. The number of rotatable bonds is 12. The zero-order valence-corrected chi connectivity index (χ0v) is 17.0. The Morgan fingerprint density at radius 1 is 0.793 bits per heavy atom. The van der Waals surface area contributed by atoms with Crippen LogP contribution >= 0.6 is 0 Å². The molecule has 0 atom stereocenters. The lowest BCUT2D eigenvalue weighted by Crippen LogP contribution is -2.12. The molecule has 0 spiro atoms. The highest BCUT2D eigenvalue weighted by Crippen LogP contribution is 2.18. The van der Waals surface area contributed by atoms with E-state index in [1.54, 1.807) is 18.2 Å². The lowest BCUT2D eigenvalue weighted by molar-refractivity contribution is 0.0497. The van der Waals surface area contributed by atoms with Gasteiger partial charge in [-0.3, -0.25) is 0 Å². The van der Waals surface area contributed by atoms with Crippen molar-refractivity contribution < 1.29 is 23.5 Å². The predicted molar refractivity (Wildman–Crippen MR) is 111 cm³/mol. The lowest BCUT2D eigenvalue weighted by Gasteiger charge is -2.08. The first-order valence-electron chi connectivity index (χ1n) is 10.4. The van der Waals surface area contributed by atoms with Crippen LogP contribution in [0, 0.1) is 5.82 Å². The maximum Gasteiger partial charge on any atom is 0.343 e. The Bertz CT molecular complexity index is 788. The molecule has 29 heavy (non-hydrogen) atoms. The largest absolute Gasteiger partial charge is 0.462 e. The van der Waals surface area contributed by atoms with Crippen LogP contribution in [0.5, 0.6) is 5.75 Å². The number of para-hydroxylation sites is 1. The second-order valence-electron chi connectivity index (χ2n) is 7.01. The summed E-state index contributed by atoms with van der Waals surface area (Å²) in [5.41, 5.74) is 0.433. The molecule has 0 heterocycles. The van der Waals surface area contributed by atoms with Crippen molar-refractivity contribution in [2.45, 2.75) is 58.3 Å². The van der Waals surface area contributed by atoms with E-state index >= 15 is 0 Å². The Morgan fingerprint density at radius 3 is 2.10 bits per heavy atom. The number of unbranched alkanes of at least 4 members (excludes halogenated alkanes) is 7. The van der Waals surface area contributed by atoms with E-state index in [1.165, 1.54) is 62.4 Å². The van der Waals surface area contributed by atoms with Crippen molar-refractivity contribution in [1.29, 1.82) is 0 Å². The molecule has 0 unspecified atom stereocenters. The second-order valence-corrected chi connectivity index (χ2v) is 7.01. The standard InChI is InChI=1S/C24H29FO4/c1-2-3-4-5-6-7-8-11-17-28-23(26)19-13-12-14-20(18-19)24(27)29-22-16-10-9-15-21(22)25/h9-10,12-16,18H,2-8,11,17H2,1H3. The summed E-state index contributed by atoms with van der Waals surface area (Å²) < 4.78 is 24.0. The van der Waals surface area contributed by atoms with Gasteiger partial charge < -0.3 is 9.47 Å². The van der Waals surface area contributed by atoms with Crippen molar-refractivity contribution >= 4 is 11.9 Å². The van der Waals surface area contributed by atoms with E-state index in [9.17, 15) is 14.0 Å². The molecule has 2 rings (SSSR count). The maximum atomic E-state index is 13.6. The molecule has 0 aliphatic heterocycles. The summed E-state index contributed by atoms with van der Waals surface area (Å²) in [5, 5.41) is 0. The van der Waals surface area contributed by atoms with Gasteiger partial charge in [0.25, 0.3) is 0 Å². The second kappa shape index (κ2) is 12.7. The Labute approximate surface area is 172 Å². The van der Waals surface area contributed by atoms with Crippen LogP contribution in [-0.2, 0) is 4.74 Å². The van der Waals surface area contributed by atoms with E-state index in [2.05, 4.69) is 6.92 Å². The molecule has 156 valence electrons. The maximum absolute atomic E-state index is 13.6. The van der Waals surface area contributed by atoms with Gasteiger partial charge >= 0.3 is 11.9 Å². The summed E-state index contributed by atoms with van der Waals surface area (Å²) >= 11 is 0. The number of benzene rings is 2. The molecule has 0 bridgehead atoms. The normalized spacial score (nSPS) is 10.6. The Morgan fingerprint density at radius 2 is 1.41 bits per heavy atom. The predicted octanol–water partition coefficient (Wildman–Crippen LogP) is 6.34. The average molecular weight is 400 g/mol. The minimum absolute atomic E-state index is 0.153. The third kappa shape index (κ3) is 8.06. The van der Waals surface area contributed by atoms with Crippen molar-refractivity contribution in [3.8, 4) is 5.75 Å². The van der Waals surface area contributed by atoms with Crippen molar-refractivity contribution in [2.75, 3.05) is 6.61 Å². The van der Waals surface area contributed by atoms with Crippen LogP contribution in [0.4, 0.5) is 4.39 Å². The highest BCUT2D eigenvalue weighted by atomic mass is 19.1. The molecule has 4 nitrogen and oxygen atoms in total. The molecule has 0 saturated heterocycles. The fourth-order valence-electron chi connectivity index (χ4n) is 2.94. The van der Waals surface area contributed by atoms with Crippen LogP contribution in [0.15, 0.2) is 48.5 Å². The van der Waals surface area contributed by atoms with Crippen LogP contribution in [0.25, 0.3) is 0 Å². The van der Waals surface area contributed by atoms with Gasteiger partial charge in [-0.1, -0.05) is 70.1 Å². The van der Waals surface area contributed by atoms with Crippen molar-refractivity contribution in [2.24, 2.45) is 0 Å². The molecule has 0 fully saturated rings. The number of carbonyl (C=O) groups excluding carboxylic acids is 2. The summed E-state index contributed by atoms with van der Waals surface area (Å²) in [7, 11) is 0. The van der Waals surface area contributed by atoms with E-state index in [0.29, 0.717) is 6.61 Å². The van der Waals surface area contributed by atoms with Crippen molar-refractivity contribution in [3.05, 3.63) is 65.5 Å². The minimum atomic E-state index is -0.729. The zero-order chi connectivity index (χ0) is 20.9. The van der Waals surface area contributed by atoms with Crippen LogP contribution in [-0.4, -0.2) is 18.5 Å². The van der Waals surface area contributed by atoms with Gasteiger partial charge in [0.1, 0.15) is 0 Å². The Kier molecular flexibility index (Phi) is 9.90. The molecule has 0 aliphatic carbocycles. The van der Waals surface area contributed by atoms with Crippen molar-refractivity contribution in [1.82, 2.24) is 0 Å². The monoisotopic (exact) mass is 400 g/mol. The first kappa shape index (κ1) is 22.6. The zero-order valence-electron chi connectivity index (χ0n) is 17.0. The molecule has 0 amide bonds. The summed E-state index contributed by atoms with van der Waals surface area (Å²) in [4.78, 5) is 24.4. The highest BCUT2D eigenvalue weighted by Gasteiger charge is 2.14. The van der Waals surface area contributed by atoms with Gasteiger partial charge in [-0.2, -0.15) is 0 Å². The molecule has 5 heteroatoms. The third-order valence-electron chi connectivity index (χ3n) is 4.60. The lowest BCUT2D eigenvalue weighted by atomic mass is 10.1. The molecule has 0 aromatic heterocycles. The summed E-state index contributed by atoms with van der Waals surface area (Å²) in [5.74, 6) is -1.98. The first-order chi connectivity index (χ1) is 14.1. The van der Waals surface area contributed by atoms with E-state index < -0.39 is 17.8 Å². The fraction of sp³-hybridized carbons (Fsp3) is 0.417. The van der Waals surface area contributed by atoms with Crippen molar-refractivity contribution in [3.63, 3.8) is 0 Å². The van der Waals surface area contributed by atoms with Gasteiger partial charge in [-0.25, -0.2) is 14.0 Å². The Balaban J connectivity index is 1.76. The van der Waals surface area contributed by atoms with Gasteiger partial charge in [-0.15, -0.1) is 0 Å². The van der Waals surface area contributed by atoms with E-state index in [-0.39, 0.29) is 16.9 Å². The molecule has 2 aromatic carbocycles. The van der Waals surface area contributed by atoms with E-state index in [4.69, 9.17) is 9.47 Å². The number of halogens is 1. The molecular weight excluding hydrogens is 371 g/mol.